The highest BCUT2D eigenvalue weighted by atomic mass is 16.6. The van der Waals surface area contributed by atoms with Crippen molar-refractivity contribution in [3.05, 3.63) is 53.9 Å². The monoisotopic (exact) mass is 421 g/mol. The van der Waals surface area contributed by atoms with Crippen molar-refractivity contribution in [2.24, 2.45) is 0 Å². The summed E-state index contributed by atoms with van der Waals surface area (Å²) in [6.07, 6.45) is 2.51. The number of pyridine rings is 1. The summed E-state index contributed by atoms with van der Waals surface area (Å²) in [7, 11) is 5.61. The number of hydrogen-bond acceptors (Lipinski definition) is 8. The molecule has 1 aromatic carbocycles. The molecule has 0 atom stereocenters. The van der Waals surface area contributed by atoms with Crippen molar-refractivity contribution in [2.45, 2.75) is 13.0 Å². The topological polar surface area (TPSA) is 81.6 Å². The van der Waals surface area contributed by atoms with Gasteiger partial charge in [0, 0.05) is 63.2 Å². The molecule has 162 valence electrons. The van der Waals surface area contributed by atoms with Crippen LogP contribution in [0, 0.1) is 0 Å². The third kappa shape index (κ3) is 5.03. The SMILES string of the molecule is COc1cc2c(cc1CNCCc1cc(N(C)C)nc(-c3ccccn3)n1)OCCO2. The minimum atomic E-state index is 0.558. The van der Waals surface area contributed by atoms with Gasteiger partial charge in [-0.3, -0.25) is 4.98 Å². The molecule has 2 aromatic heterocycles. The zero-order chi connectivity index (χ0) is 21.6. The lowest BCUT2D eigenvalue weighted by Gasteiger charge is -2.21. The lowest BCUT2D eigenvalue weighted by atomic mass is 10.1. The fraction of sp³-hybridized carbons (Fsp3) is 0.348. The maximum absolute atomic E-state index is 5.69. The van der Waals surface area contributed by atoms with Crippen LogP contribution in [0.15, 0.2) is 42.6 Å². The van der Waals surface area contributed by atoms with E-state index >= 15 is 0 Å². The Morgan fingerprint density at radius 2 is 1.87 bits per heavy atom. The van der Waals surface area contributed by atoms with E-state index in [4.69, 9.17) is 19.2 Å². The van der Waals surface area contributed by atoms with E-state index in [1.165, 1.54) is 0 Å². The fourth-order valence-corrected chi connectivity index (χ4v) is 3.33. The predicted octanol–water partition coefficient (Wildman–Crippen LogP) is 2.72. The first-order chi connectivity index (χ1) is 15.1. The largest absolute Gasteiger partial charge is 0.496 e. The first-order valence-corrected chi connectivity index (χ1v) is 10.3. The number of rotatable bonds is 8. The van der Waals surface area contributed by atoms with E-state index in [9.17, 15) is 0 Å². The molecule has 0 unspecified atom stereocenters. The molecule has 1 aliphatic heterocycles. The van der Waals surface area contributed by atoms with Crippen LogP contribution in [0.2, 0.25) is 0 Å². The molecule has 0 saturated carbocycles. The Morgan fingerprint density at radius 1 is 1.06 bits per heavy atom. The predicted molar refractivity (Wildman–Crippen MR) is 119 cm³/mol. The molecule has 0 aliphatic carbocycles. The Morgan fingerprint density at radius 3 is 2.58 bits per heavy atom. The lowest BCUT2D eigenvalue weighted by molar-refractivity contribution is 0.170. The van der Waals surface area contributed by atoms with Gasteiger partial charge >= 0.3 is 0 Å². The van der Waals surface area contributed by atoms with E-state index in [1.54, 1.807) is 13.3 Å². The molecule has 4 rings (SSSR count). The fourth-order valence-electron chi connectivity index (χ4n) is 3.33. The quantitative estimate of drug-likeness (QED) is 0.556. The van der Waals surface area contributed by atoms with Crippen LogP contribution in [-0.2, 0) is 13.0 Å². The van der Waals surface area contributed by atoms with Gasteiger partial charge in [-0.1, -0.05) is 6.07 Å². The second-order valence-corrected chi connectivity index (χ2v) is 7.38. The van der Waals surface area contributed by atoms with Crippen LogP contribution in [0.5, 0.6) is 17.2 Å². The first-order valence-electron chi connectivity index (χ1n) is 10.3. The molecule has 0 saturated heterocycles. The van der Waals surface area contributed by atoms with Crippen molar-refractivity contribution >= 4 is 5.82 Å². The molecule has 3 aromatic rings. The molecule has 0 amide bonds. The van der Waals surface area contributed by atoms with E-state index < -0.39 is 0 Å². The van der Waals surface area contributed by atoms with Gasteiger partial charge in [0.2, 0.25) is 0 Å². The summed E-state index contributed by atoms with van der Waals surface area (Å²) >= 11 is 0. The zero-order valence-electron chi connectivity index (χ0n) is 18.1. The summed E-state index contributed by atoms with van der Waals surface area (Å²) in [5.41, 5.74) is 2.75. The Labute approximate surface area is 182 Å². The average molecular weight is 422 g/mol. The summed E-state index contributed by atoms with van der Waals surface area (Å²) in [6.45, 7) is 2.52. The van der Waals surface area contributed by atoms with Gasteiger partial charge in [0.25, 0.3) is 0 Å². The molecule has 8 nitrogen and oxygen atoms in total. The summed E-state index contributed by atoms with van der Waals surface area (Å²) in [5, 5.41) is 3.47. The Hall–Kier alpha value is -3.39. The number of hydrogen-bond donors (Lipinski definition) is 1. The number of ether oxygens (including phenoxy) is 3. The highest BCUT2D eigenvalue weighted by Gasteiger charge is 2.16. The number of nitrogens with one attached hydrogen (secondary N) is 1. The van der Waals surface area contributed by atoms with Gasteiger partial charge in [0.1, 0.15) is 30.5 Å². The van der Waals surface area contributed by atoms with Crippen molar-refractivity contribution in [2.75, 3.05) is 45.9 Å². The second kappa shape index (κ2) is 9.61. The minimum Gasteiger partial charge on any atom is -0.496 e. The molecule has 0 bridgehead atoms. The molecular weight excluding hydrogens is 394 g/mol. The van der Waals surface area contributed by atoms with Crippen molar-refractivity contribution < 1.29 is 14.2 Å². The van der Waals surface area contributed by atoms with Crippen molar-refractivity contribution in [3.63, 3.8) is 0 Å². The third-order valence-electron chi connectivity index (χ3n) is 4.94. The van der Waals surface area contributed by atoms with Crippen molar-refractivity contribution in [1.82, 2.24) is 20.3 Å². The maximum atomic E-state index is 5.69. The van der Waals surface area contributed by atoms with Gasteiger partial charge in [0.05, 0.1) is 7.11 Å². The van der Waals surface area contributed by atoms with Crippen LogP contribution in [-0.4, -0.2) is 55.9 Å². The minimum absolute atomic E-state index is 0.558. The van der Waals surface area contributed by atoms with Crippen molar-refractivity contribution in [3.8, 4) is 28.8 Å². The van der Waals surface area contributed by atoms with Gasteiger partial charge in [-0.25, -0.2) is 9.97 Å². The standard InChI is InChI=1S/C23H27N5O3/c1-28(2)22-13-17(26-23(27-22)18-6-4-5-8-25-18)7-9-24-15-16-12-20-21(14-19(16)29-3)31-11-10-30-20/h4-6,8,12-14,24H,7,9-11,15H2,1-3H3. The van der Waals surface area contributed by atoms with E-state index in [0.29, 0.717) is 25.6 Å². The van der Waals surface area contributed by atoms with Crippen LogP contribution in [0.4, 0.5) is 5.82 Å². The second-order valence-electron chi connectivity index (χ2n) is 7.38. The van der Waals surface area contributed by atoms with E-state index in [1.807, 2.05) is 55.4 Å². The van der Waals surface area contributed by atoms with E-state index in [0.717, 1.165) is 53.0 Å². The summed E-state index contributed by atoms with van der Waals surface area (Å²) in [6, 6.07) is 11.6. The smallest absolute Gasteiger partial charge is 0.180 e. The molecule has 3 heterocycles. The Kier molecular flexibility index (Phi) is 6.47. The number of nitrogens with zero attached hydrogens (tertiary/aromatic N) is 4. The highest BCUT2D eigenvalue weighted by molar-refractivity contribution is 5.53. The highest BCUT2D eigenvalue weighted by Crippen LogP contribution is 2.36. The maximum Gasteiger partial charge on any atom is 0.180 e. The Bertz CT molecular complexity index is 1030. The van der Waals surface area contributed by atoms with Crippen LogP contribution >= 0.6 is 0 Å². The van der Waals surface area contributed by atoms with Crippen LogP contribution < -0.4 is 24.4 Å². The van der Waals surface area contributed by atoms with Crippen LogP contribution in [0.3, 0.4) is 0 Å². The Balaban J connectivity index is 1.43. The third-order valence-corrected chi connectivity index (χ3v) is 4.94. The van der Waals surface area contributed by atoms with E-state index in [2.05, 4.69) is 15.3 Å². The lowest BCUT2D eigenvalue weighted by Crippen LogP contribution is -2.20. The molecule has 1 N–H and O–H groups in total. The summed E-state index contributed by atoms with van der Waals surface area (Å²) in [5.74, 6) is 3.77. The number of benzene rings is 1. The summed E-state index contributed by atoms with van der Waals surface area (Å²) in [4.78, 5) is 15.7. The van der Waals surface area contributed by atoms with Gasteiger partial charge in [-0.15, -0.1) is 0 Å². The number of anilines is 1. The van der Waals surface area contributed by atoms with Gasteiger partial charge in [-0.05, 0) is 18.2 Å². The number of fused-ring (bicyclic) bond motifs is 1. The molecule has 1 aliphatic rings. The van der Waals surface area contributed by atoms with Gasteiger partial charge in [-0.2, -0.15) is 0 Å². The molecular formula is C23H27N5O3. The molecule has 0 radical (unpaired) electrons. The van der Waals surface area contributed by atoms with Gasteiger partial charge < -0.3 is 24.4 Å². The normalized spacial score (nSPS) is 12.5. The molecule has 0 spiro atoms. The number of methoxy groups -OCH3 is 1. The average Bonchev–Trinajstić information content (AvgIpc) is 2.81. The van der Waals surface area contributed by atoms with Crippen molar-refractivity contribution in [1.29, 1.82) is 0 Å². The van der Waals surface area contributed by atoms with Gasteiger partial charge in [0.15, 0.2) is 17.3 Å². The van der Waals surface area contributed by atoms with E-state index in [-0.39, 0.29) is 0 Å². The first kappa shape index (κ1) is 20.9. The molecule has 8 heteroatoms. The summed E-state index contributed by atoms with van der Waals surface area (Å²) < 4.78 is 16.9. The van der Waals surface area contributed by atoms with Crippen LogP contribution in [0.25, 0.3) is 11.5 Å². The number of aromatic nitrogens is 3. The molecule has 31 heavy (non-hydrogen) atoms. The zero-order valence-corrected chi connectivity index (χ0v) is 18.1. The van der Waals surface area contributed by atoms with Crippen LogP contribution in [0.1, 0.15) is 11.3 Å². The molecule has 0 fully saturated rings.